The lowest BCUT2D eigenvalue weighted by Gasteiger charge is -2.43. The van der Waals surface area contributed by atoms with Gasteiger partial charge in [-0.1, -0.05) is 18.5 Å². The molecule has 0 unspecified atom stereocenters. The van der Waals surface area contributed by atoms with Crippen LogP contribution in [0.4, 0.5) is 0 Å². The molecular formula is C17H20ClNO3. The molecule has 118 valence electrons. The predicted octanol–water partition coefficient (Wildman–Crippen LogP) is 3.30. The van der Waals surface area contributed by atoms with Crippen LogP contribution in [-0.4, -0.2) is 36.6 Å². The molecule has 0 aromatic heterocycles. The molecule has 4 nitrogen and oxygen atoms in total. The molecule has 3 aliphatic rings. The molecule has 5 heteroatoms. The highest BCUT2D eigenvalue weighted by atomic mass is 35.5. The second-order valence-electron chi connectivity index (χ2n) is 6.37. The van der Waals surface area contributed by atoms with Gasteiger partial charge >= 0.3 is 0 Å². The van der Waals surface area contributed by atoms with Gasteiger partial charge in [-0.05, 0) is 44.3 Å². The van der Waals surface area contributed by atoms with E-state index in [2.05, 4.69) is 11.8 Å². The number of carbonyl (C=O) groups excluding carboxylic acids is 1. The lowest BCUT2D eigenvalue weighted by Crippen LogP contribution is -2.51. The van der Waals surface area contributed by atoms with Crippen molar-refractivity contribution in [1.29, 1.82) is 0 Å². The Balaban J connectivity index is 1.79. The van der Waals surface area contributed by atoms with Crippen molar-refractivity contribution in [2.45, 2.75) is 38.6 Å². The highest BCUT2D eigenvalue weighted by Crippen LogP contribution is 2.47. The Kier molecular flexibility index (Phi) is 3.54. The number of Topliss-reactive ketones (excluding diaryl/α,β-unsaturated/α-hetero) is 1. The van der Waals surface area contributed by atoms with Crippen molar-refractivity contribution in [3.05, 3.63) is 22.2 Å². The first-order valence-corrected chi connectivity index (χ1v) is 8.47. The van der Waals surface area contributed by atoms with E-state index in [0.717, 1.165) is 44.3 Å². The van der Waals surface area contributed by atoms with Gasteiger partial charge in [-0.15, -0.1) is 0 Å². The zero-order valence-electron chi connectivity index (χ0n) is 12.7. The summed E-state index contributed by atoms with van der Waals surface area (Å²) in [5.74, 6) is 1.48. The Hall–Kier alpha value is -1.26. The second-order valence-corrected chi connectivity index (χ2v) is 6.77. The summed E-state index contributed by atoms with van der Waals surface area (Å²) in [4.78, 5) is 15.6. The Labute approximate surface area is 135 Å². The van der Waals surface area contributed by atoms with E-state index in [1.807, 2.05) is 0 Å². The number of carbonyl (C=O) groups is 1. The molecule has 2 atom stereocenters. The van der Waals surface area contributed by atoms with Crippen molar-refractivity contribution in [2.75, 3.05) is 19.9 Å². The van der Waals surface area contributed by atoms with Crippen molar-refractivity contribution < 1.29 is 14.3 Å². The minimum Gasteiger partial charge on any atom is -0.454 e. The van der Waals surface area contributed by atoms with E-state index in [4.69, 9.17) is 21.1 Å². The minimum atomic E-state index is 0.0690. The van der Waals surface area contributed by atoms with E-state index >= 15 is 0 Å². The summed E-state index contributed by atoms with van der Waals surface area (Å²) in [5, 5.41) is 0.632. The summed E-state index contributed by atoms with van der Waals surface area (Å²) in [7, 11) is 0. The first kappa shape index (κ1) is 14.3. The van der Waals surface area contributed by atoms with Gasteiger partial charge in [0, 0.05) is 23.0 Å². The SMILES string of the molecule is CCCN1CCC[C@H]2C(=O)c3c(c(Cl)cc4c3OCO4)C[C@@H]21. The summed E-state index contributed by atoms with van der Waals surface area (Å²) in [6.07, 6.45) is 3.99. The van der Waals surface area contributed by atoms with E-state index in [-0.39, 0.29) is 24.5 Å². The molecule has 1 aliphatic carbocycles. The van der Waals surface area contributed by atoms with E-state index < -0.39 is 0 Å². The van der Waals surface area contributed by atoms with Gasteiger partial charge in [0.05, 0.1) is 5.56 Å². The number of likely N-dealkylation sites (tertiary alicyclic amines) is 1. The third-order valence-corrected chi connectivity index (χ3v) is 5.45. The summed E-state index contributed by atoms with van der Waals surface area (Å²) in [6, 6.07) is 2.08. The monoisotopic (exact) mass is 321 g/mol. The van der Waals surface area contributed by atoms with Crippen molar-refractivity contribution >= 4 is 17.4 Å². The number of halogens is 1. The number of ketones is 1. The average molecular weight is 322 g/mol. The van der Waals surface area contributed by atoms with Crippen LogP contribution in [0.25, 0.3) is 0 Å². The molecule has 0 spiro atoms. The Morgan fingerprint density at radius 2 is 2.27 bits per heavy atom. The molecule has 0 bridgehead atoms. The second kappa shape index (κ2) is 5.43. The lowest BCUT2D eigenvalue weighted by atomic mass is 9.74. The molecule has 2 aliphatic heterocycles. The summed E-state index contributed by atoms with van der Waals surface area (Å²) in [6.45, 7) is 4.49. The third kappa shape index (κ3) is 2.04. The van der Waals surface area contributed by atoms with Crippen LogP contribution in [0.3, 0.4) is 0 Å². The number of hydrogen-bond donors (Lipinski definition) is 0. The molecule has 0 radical (unpaired) electrons. The maximum Gasteiger partial charge on any atom is 0.231 e. The third-order valence-electron chi connectivity index (χ3n) is 5.12. The fraction of sp³-hybridized carbons (Fsp3) is 0.588. The van der Waals surface area contributed by atoms with Crippen LogP contribution in [0, 0.1) is 5.92 Å². The van der Waals surface area contributed by atoms with Gasteiger partial charge in [0.2, 0.25) is 6.79 Å². The van der Waals surface area contributed by atoms with Crippen LogP contribution in [0.5, 0.6) is 11.5 Å². The molecule has 2 heterocycles. The van der Waals surface area contributed by atoms with Crippen LogP contribution in [0.1, 0.15) is 42.1 Å². The highest BCUT2D eigenvalue weighted by Gasteiger charge is 2.44. The topological polar surface area (TPSA) is 38.8 Å². The molecular weight excluding hydrogens is 302 g/mol. The number of fused-ring (bicyclic) bond motifs is 4. The number of rotatable bonds is 2. The first-order chi connectivity index (χ1) is 10.7. The minimum absolute atomic E-state index is 0.0690. The van der Waals surface area contributed by atoms with Gasteiger partial charge in [0.15, 0.2) is 17.3 Å². The fourth-order valence-corrected chi connectivity index (χ4v) is 4.44. The van der Waals surface area contributed by atoms with Crippen LogP contribution in [0.2, 0.25) is 5.02 Å². The van der Waals surface area contributed by atoms with Crippen molar-refractivity contribution in [3.8, 4) is 11.5 Å². The normalized spacial score (nSPS) is 26.7. The van der Waals surface area contributed by atoms with Gasteiger partial charge in [-0.25, -0.2) is 0 Å². The maximum absolute atomic E-state index is 13.1. The molecule has 4 rings (SSSR count). The van der Waals surface area contributed by atoms with Crippen LogP contribution < -0.4 is 9.47 Å². The van der Waals surface area contributed by atoms with E-state index in [1.54, 1.807) is 6.07 Å². The lowest BCUT2D eigenvalue weighted by molar-refractivity contribution is 0.0583. The summed E-state index contributed by atoms with van der Waals surface area (Å²) in [5.41, 5.74) is 1.62. The average Bonchev–Trinajstić information content (AvgIpc) is 2.96. The number of hydrogen-bond acceptors (Lipinski definition) is 4. The Morgan fingerprint density at radius 1 is 1.41 bits per heavy atom. The standard InChI is InChI=1S/C17H20ClNO3/c1-2-5-19-6-3-4-10-13(19)7-11-12(18)8-14-17(22-9-21-14)15(11)16(10)20/h8,10,13H,2-7,9H2,1H3/t10-,13+/m1/s1. The van der Waals surface area contributed by atoms with Crippen LogP contribution in [-0.2, 0) is 6.42 Å². The van der Waals surface area contributed by atoms with Crippen LogP contribution >= 0.6 is 11.6 Å². The van der Waals surface area contributed by atoms with Crippen molar-refractivity contribution in [3.63, 3.8) is 0 Å². The molecule has 1 aromatic carbocycles. The van der Waals surface area contributed by atoms with Gasteiger partial charge in [-0.3, -0.25) is 9.69 Å². The van der Waals surface area contributed by atoms with E-state index in [9.17, 15) is 4.79 Å². The molecule has 0 amide bonds. The molecule has 0 N–H and O–H groups in total. The quantitative estimate of drug-likeness (QED) is 0.838. The number of nitrogens with zero attached hydrogens (tertiary/aromatic N) is 1. The Bertz CT molecular complexity index is 629. The van der Waals surface area contributed by atoms with E-state index in [0.29, 0.717) is 22.1 Å². The van der Waals surface area contributed by atoms with Gasteiger partial charge in [-0.2, -0.15) is 0 Å². The molecule has 1 saturated heterocycles. The zero-order valence-corrected chi connectivity index (χ0v) is 13.5. The highest BCUT2D eigenvalue weighted by molar-refractivity contribution is 6.32. The molecule has 1 fully saturated rings. The number of piperidine rings is 1. The number of ether oxygens (including phenoxy) is 2. The van der Waals surface area contributed by atoms with Gasteiger partial charge < -0.3 is 9.47 Å². The molecule has 0 saturated carbocycles. The summed E-state index contributed by atoms with van der Waals surface area (Å²) < 4.78 is 11.0. The predicted molar refractivity (Wildman–Crippen MR) is 84.0 cm³/mol. The molecule has 1 aromatic rings. The first-order valence-electron chi connectivity index (χ1n) is 8.10. The van der Waals surface area contributed by atoms with Crippen LogP contribution in [0.15, 0.2) is 6.07 Å². The van der Waals surface area contributed by atoms with E-state index in [1.165, 1.54) is 0 Å². The Morgan fingerprint density at radius 3 is 3.09 bits per heavy atom. The fourth-order valence-electron chi connectivity index (χ4n) is 4.17. The summed E-state index contributed by atoms with van der Waals surface area (Å²) >= 11 is 6.44. The van der Waals surface area contributed by atoms with Gasteiger partial charge in [0.1, 0.15) is 0 Å². The van der Waals surface area contributed by atoms with Crippen molar-refractivity contribution in [1.82, 2.24) is 4.90 Å². The van der Waals surface area contributed by atoms with Crippen molar-refractivity contribution in [2.24, 2.45) is 5.92 Å². The van der Waals surface area contributed by atoms with Gasteiger partial charge in [0.25, 0.3) is 0 Å². The molecule has 22 heavy (non-hydrogen) atoms. The maximum atomic E-state index is 13.1. The smallest absolute Gasteiger partial charge is 0.231 e. The largest absolute Gasteiger partial charge is 0.454 e. The number of benzene rings is 1. The zero-order chi connectivity index (χ0) is 15.3.